The summed E-state index contributed by atoms with van der Waals surface area (Å²) in [5, 5.41) is 4.86. The maximum Gasteiger partial charge on any atom is 0.251 e. The molecule has 3 aromatic carbocycles. The fourth-order valence-electron chi connectivity index (χ4n) is 3.55. The Bertz CT molecular complexity index is 979. The minimum atomic E-state index is -0.220. The van der Waals surface area contributed by atoms with Crippen LogP contribution in [0.5, 0.6) is 0 Å². The molecule has 5 heteroatoms. The third-order valence-corrected chi connectivity index (χ3v) is 5.17. The van der Waals surface area contributed by atoms with E-state index in [9.17, 15) is 9.59 Å². The monoisotopic (exact) mass is 373 g/mol. The standard InChI is InChI=1S/C23H23N3O2/c27-22(26-14-12-25(13-15-26)21-8-2-1-3-9-21)17-24-23(28)20-11-10-18-6-4-5-7-19(18)16-20/h1-11,16H,12-15,17H2,(H,24,28). The molecule has 142 valence electrons. The van der Waals surface area contributed by atoms with Crippen molar-refractivity contribution >= 4 is 28.3 Å². The quantitative estimate of drug-likeness (QED) is 0.765. The highest BCUT2D eigenvalue weighted by atomic mass is 16.2. The second kappa shape index (κ2) is 8.13. The van der Waals surface area contributed by atoms with Crippen molar-refractivity contribution in [1.82, 2.24) is 10.2 Å². The zero-order valence-electron chi connectivity index (χ0n) is 15.7. The van der Waals surface area contributed by atoms with Gasteiger partial charge in [0.1, 0.15) is 0 Å². The fourth-order valence-corrected chi connectivity index (χ4v) is 3.55. The lowest BCUT2D eigenvalue weighted by Gasteiger charge is -2.36. The van der Waals surface area contributed by atoms with Crippen LogP contribution >= 0.6 is 0 Å². The third kappa shape index (κ3) is 3.98. The van der Waals surface area contributed by atoms with Crippen LogP contribution in [0.3, 0.4) is 0 Å². The highest BCUT2D eigenvalue weighted by molar-refractivity contribution is 6.00. The van der Waals surface area contributed by atoms with Crippen LogP contribution in [0.1, 0.15) is 10.4 Å². The number of anilines is 1. The summed E-state index contributed by atoms with van der Waals surface area (Å²) >= 11 is 0. The Hall–Kier alpha value is -3.34. The molecule has 0 saturated carbocycles. The van der Waals surface area contributed by atoms with Gasteiger partial charge in [0.25, 0.3) is 5.91 Å². The molecule has 0 aromatic heterocycles. The average molecular weight is 373 g/mol. The Morgan fingerprint density at radius 1 is 0.786 bits per heavy atom. The van der Waals surface area contributed by atoms with E-state index in [4.69, 9.17) is 0 Å². The molecule has 5 nitrogen and oxygen atoms in total. The van der Waals surface area contributed by atoms with E-state index in [2.05, 4.69) is 22.3 Å². The van der Waals surface area contributed by atoms with Gasteiger partial charge in [-0.15, -0.1) is 0 Å². The van der Waals surface area contributed by atoms with Gasteiger partial charge in [-0.05, 0) is 35.0 Å². The van der Waals surface area contributed by atoms with Gasteiger partial charge in [-0.1, -0.05) is 48.5 Å². The lowest BCUT2D eigenvalue weighted by molar-refractivity contribution is -0.130. The van der Waals surface area contributed by atoms with Crippen molar-refractivity contribution in [3.8, 4) is 0 Å². The summed E-state index contributed by atoms with van der Waals surface area (Å²) in [7, 11) is 0. The highest BCUT2D eigenvalue weighted by Gasteiger charge is 2.21. The second-order valence-corrected chi connectivity index (χ2v) is 6.95. The summed E-state index contributed by atoms with van der Waals surface area (Å²) < 4.78 is 0. The molecular formula is C23H23N3O2. The van der Waals surface area contributed by atoms with Crippen LogP contribution in [0.2, 0.25) is 0 Å². The summed E-state index contributed by atoms with van der Waals surface area (Å²) in [5.74, 6) is -0.260. The molecule has 0 spiro atoms. The molecule has 1 N–H and O–H groups in total. The zero-order valence-corrected chi connectivity index (χ0v) is 15.7. The smallest absolute Gasteiger partial charge is 0.251 e. The zero-order chi connectivity index (χ0) is 19.3. The maximum atomic E-state index is 12.5. The molecule has 4 rings (SSSR count). The Kier molecular flexibility index (Phi) is 5.24. The molecule has 0 aliphatic carbocycles. The molecule has 1 aliphatic heterocycles. The number of amides is 2. The molecule has 1 aliphatic rings. The lowest BCUT2D eigenvalue weighted by Crippen LogP contribution is -2.51. The first-order valence-corrected chi connectivity index (χ1v) is 9.55. The Morgan fingerprint density at radius 3 is 2.21 bits per heavy atom. The van der Waals surface area contributed by atoms with Crippen molar-refractivity contribution in [3.05, 3.63) is 78.4 Å². The Labute approximate surface area is 164 Å². The van der Waals surface area contributed by atoms with E-state index < -0.39 is 0 Å². The van der Waals surface area contributed by atoms with Crippen LogP contribution in [0.25, 0.3) is 10.8 Å². The summed E-state index contributed by atoms with van der Waals surface area (Å²) in [6.45, 7) is 2.96. The first-order valence-electron chi connectivity index (χ1n) is 9.55. The SMILES string of the molecule is O=C(NCC(=O)N1CCN(c2ccccc2)CC1)c1ccc2ccccc2c1. The fraction of sp³-hybridized carbons (Fsp3) is 0.217. The van der Waals surface area contributed by atoms with Crippen LogP contribution < -0.4 is 10.2 Å². The normalized spacial score (nSPS) is 14.1. The van der Waals surface area contributed by atoms with Crippen molar-refractivity contribution in [3.63, 3.8) is 0 Å². The maximum absolute atomic E-state index is 12.5. The largest absolute Gasteiger partial charge is 0.368 e. The van der Waals surface area contributed by atoms with Crippen LogP contribution in [0.4, 0.5) is 5.69 Å². The van der Waals surface area contributed by atoms with Gasteiger partial charge in [-0.3, -0.25) is 9.59 Å². The molecule has 0 radical (unpaired) electrons. The van der Waals surface area contributed by atoms with Crippen molar-refractivity contribution in [2.75, 3.05) is 37.6 Å². The number of hydrogen-bond donors (Lipinski definition) is 1. The Morgan fingerprint density at radius 2 is 1.46 bits per heavy atom. The number of fused-ring (bicyclic) bond motifs is 1. The molecule has 0 atom stereocenters. The van der Waals surface area contributed by atoms with Gasteiger partial charge in [0.2, 0.25) is 5.91 Å². The predicted octanol–water partition coefficient (Wildman–Crippen LogP) is 2.92. The minimum absolute atomic E-state index is 0.0248. The van der Waals surface area contributed by atoms with Crippen molar-refractivity contribution < 1.29 is 9.59 Å². The van der Waals surface area contributed by atoms with E-state index in [-0.39, 0.29) is 18.4 Å². The van der Waals surface area contributed by atoms with E-state index in [1.807, 2.05) is 59.5 Å². The van der Waals surface area contributed by atoms with Crippen molar-refractivity contribution in [2.24, 2.45) is 0 Å². The second-order valence-electron chi connectivity index (χ2n) is 6.95. The number of benzene rings is 3. The number of carbonyl (C=O) groups excluding carboxylic acids is 2. The summed E-state index contributed by atoms with van der Waals surface area (Å²) in [6.07, 6.45) is 0. The van der Waals surface area contributed by atoms with Gasteiger partial charge in [-0.25, -0.2) is 0 Å². The molecule has 2 amide bonds. The highest BCUT2D eigenvalue weighted by Crippen LogP contribution is 2.16. The van der Waals surface area contributed by atoms with Gasteiger partial charge in [-0.2, -0.15) is 0 Å². The van der Waals surface area contributed by atoms with Crippen LogP contribution in [0, 0.1) is 0 Å². The van der Waals surface area contributed by atoms with E-state index in [1.165, 1.54) is 5.69 Å². The summed E-state index contributed by atoms with van der Waals surface area (Å²) in [6, 6.07) is 23.7. The molecule has 28 heavy (non-hydrogen) atoms. The van der Waals surface area contributed by atoms with Gasteiger partial charge in [0.05, 0.1) is 6.54 Å². The number of rotatable bonds is 4. The number of hydrogen-bond acceptors (Lipinski definition) is 3. The number of piperazine rings is 1. The number of nitrogens with one attached hydrogen (secondary N) is 1. The molecule has 3 aromatic rings. The molecule has 1 heterocycles. The van der Waals surface area contributed by atoms with Crippen LogP contribution in [-0.4, -0.2) is 49.4 Å². The van der Waals surface area contributed by atoms with Gasteiger partial charge in [0.15, 0.2) is 0 Å². The molecule has 1 fully saturated rings. The average Bonchev–Trinajstić information content (AvgIpc) is 2.77. The van der Waals surface area contributed by atoms with Gasteiger partial charge >= 0.3 is 0 Å². The van der Waals surface area contributed by atoms with Crippen molar-refractivity contribution in [1.29, 1.82) is 0 Å². The Balaban J connectivity index is 1.30. The first kappa shape index (κ1) is 18.0. The minimum Gasteiger partial charge on any atom is -0.368 e. The van der Waals surface area contributed by atoms with Gasteiger partial charge in [0, 0.05) is 37.4 Å². The summed E-state index contributed by atoms with van der Waals surface area (Å²) in [4.78, 5) is 29.0. The van der Waals surface area contributed by atoms with Crippen molar-refractivity contribution in [2.45, 2.75) is 0 Å². The van der Waals surface area contributed by atoms with E-state index in [0.29, 0.717) is 18.7 Å². The molecule has 0 bridgehead atoms. The molecule has 1 saturated heterocycles. The molecular weight excluding hydrogens is 350 g/mol. The molecule has 0 unspecified atom stereocenters. The number of carbonyl (C=O) groups is 2. The van der Waals surface area contributed by atoms with E-state index in [1.54, 1.807) is 6.07 Å². The number of nitrogens with zero attached hydrogens (tertiary/aromatic N) is 2. The first-order chi connectivity index (χ1) is 13.7. The van der Waals surface area contributed by atoms with Crippen LogP contribution in [0.15, 0.2) is 72.8 Å². The van der Waals surface area contributed by atoms with Crippen LogP contribution in [-0.2, 0) is 4.79 Å². The van der Waals surface area contributed by atoms with E-state index >= 15 is 0 Å². The summed E-state index contributed by atoms with van der Waals surface area (Å²) in [5.41, 5.74) is 1.75. The van der Waals surface area contributed by atoms with E-state index in [0.717, 1.165) is 23.9 Å². The topological polar surface area (TPSA) is 52.7 Å². The number of para-hydroxylation sites is 1. The third-order valence-electron chi connectivity index (χ3n) is 5.17. The lowest BCUT2D eigenvalue weighted by atomic mass is 10.1. The van der Waals surface area contributed by atoms with Gasteiger partial charge < -0.3 is 15.1 Å². The predicted molar refractivity (Wildman–Crippen MR) is 112 cm³/mol.